The Morgan fingerprint density at radius 3 is 1.97 bits per heavy atom. The van der Waals surface area contributed by atoms with Crippen molar-refractivity contribution in [2.75, 3.05) is 0 Å². The van der Waals surface area contributed by atoms with Crippen LogP contribution in [0.4, 0.5) is 5.69 Å². The third kappa shape index (κ3) is 5.19. The van der Waals surface area contributed by atoms with Crippen molar-refractivity contribution in [3.63, 3.8) is 0 Å². The highest BCUT2D eigenvalue weighted by Gasteiger charge is 2.33. The Kier molecular flexibility index (Phi) is 6.11. The van der Waals surface area contributed by atoms with E-state index in [0.717, 1.165) is 10.6 Å². The molecule has 0 saturated carbocycles. The van der Waals surface area contributed by atoms with E-state index in [0.29, 0.717) is 5.56 Å². The van der Waals surface area contributed by atoms with Crippen molar-refractivity contribution in [2.45, 2.75) is 52.5 Å². The summed E-state index contributed by atoms with van der Waals surface area (Å²) in [5.74, 6) is -1.11. The van der Waals surface area contributed by atoms with Gasteiger partial charge in [0, 0.05) is 11.6 Å². The Hall–Kier alpha value is -3.22. The average molecular weight is 397 g/mol. The minimum Gasteiger partial charge on any atom is -0.267 e. The number of nitro groups is 1. The van der Waals surface area contributed by atoms with Crippen LogP contribution < -0.4 is 5.43 Å². The standard InChI is InChI=1S/C22H27N3O4/c1-21(2,3)16-13-11-15(12-14-16)19(26)23-24(22(4,5)6)20(27)17-9-7-8-10-18(17)25(28)29/h7-14H,1-6H3,(H,23,26). The van der Waals surface area contributed by atoms with Gasteiger partial charge in [-0.05, 0) is 49.9 Å². The van der Waals surface area contributed by atoms with E-state index in [2.05, 4.69) is 26.2 Å². The molecular weight excluding hydrogens is 370 g/mol. The number of benzene rings is 2. The zero-order valence-electron chi connectivity index (χ0n) is 17.6. The van der Waals surface area contributed by atoms with Crippen LogP contribution in [-0.4, -0.2) is 27.3 Å². The Bertz CT molecular complexity index is 922. The highest BCUT2D eigenvalue weighted by atomic mass is 16.6. The number of carbonyl (C=O) groups excluding carboxylic acids is 2. The maximum atomic E-state index is 13.1. The smallest absolute Gasteiger partial charge is 0.267 e. The minimum absolute atomic E-state index is 0.0470. The molecule has 0 radical (unpaired) electrons. The molecule has 0 heterocycles. The van der Waals surface area contributed by atoms with Gasteiger partial charge in [-0.3, -0.25) is 25.1 Å². The van der Waals surface area contributed by atoms with Crippen LogP contribution >= 0.6 is 0 Å². The highest BCUT2D eigenvalue weighted by Crippen LogP contribution is 2.24. The summed E-state index contributed by atoms with van der Waals surface area (Å²) in [5, 5.41) is 12.4. The summed E-state index contributed by atoms with van der Waals surface area (Å²) in [6.45, 7) is 11.5. The number of nitrogens with zero attached hydrogens (tertiary/aromatic N) is 2. The van der Waals surface area contributed by atoms with Crippen molar-refractivity contribution in [2.24, 2.45) is 0 Å². The molecular formula is C22H27N3O4. The van der Waals surface area contributed by atoms with Crippen LogP contribution in [0.25, 0.3) is 0 Å². The molecule has 7 nitrogen and oxygen atoms in total. The summed E-state index contributed by atoms with van der Waals surface area (Å²) in [6, 6.07) is 12.8. The number of hydrogen-bond acceptors (Lipinski definition) is 4. The lowest BCUT2D eigenvalue weighted by atomic mass is 9.87. The van der Waals surface area contributed by atoms with E-state index in [1.54, 1.807) is 39.0 Å². The van der Waals surface area contributed by atoms with Crippen molar-refractivity contribution < 1.29 is 14.5 Å². The van der Waals surface area contributed by atoms with E-state index >= 15 is 0 Å². The molecule has 0 aromatic heterocycles. The van der Waals surface area contributed by atoms with Crippen LogP contribution in [-0.2, 0) is 5.41 Å². The first-order valence-corrected chi connectivity index (χ1v) is 9.32. The summed E-state index contributed by atoms with van der Waals surface area (Å²) < 4.78 is 0. The third-order valence-corrected chi connectivity index (χ3v) is 4.43. The predicted octanol–water partition coefficient (Wildman–Crippen LogP) is 4.48. The molecule has 0 aliphatic rings. The molecule has 29 heavy (non-hydrogen) atoms. The fourth-order valence-corrected chi connectivity index (χ4v) is 2.74. The number of nitrogens with one attached hydrogen (secondary N) is 1. The van der Waals surface area contributed by atoms with Crippen LogP contribution in [0.5, 0.6) is 0 Å². The molecule has 0 aliphatic heterocycles. The maximum absolute atomic E-state index is 13.1. The molecule has 2 aromatic rings. The van der Waals surface area contributed by atoms with E-state index < -0.39 is 22.3 Å². The first-order valence-electron chi connectivity index (χ1n) is 9.32. The molecule has 7 heteroatoms. The Labute approximate surface area is 170 Å². The zero-order valence-corrected chi connectivity index (χ0v) is 17.6. The van der Waals surface area contributed by atoms with Gasteiger partial charge < -0.3 is 0 Å². The van der Waals surface area contributed by atoms with E-state index in [4.69, 9.17) is 0 Å². The lowest BCUT2D eigenvalue weighted by molar-refractivity contribution is -0.385. The van der Waals surface area contributed by atoms with E-state index in [1.807, 2.05) is 12.1 Å². The number of hydrazine groups is 1. The van der Waals surface area contributed by atoms with Gasteiger partial charge in [0.2, 0.25) is 0 Å². The van der Waals surface area contributed by atoms with Crippen LogP contribution in [0, 0.1) is 10.1 Å². The van der Waals surface area contributed by atoms with Crippen LogP contribution in [0.1, 0.15) is 67.8 Å². The van der Waals surface area contributed by atoms with Crippen LogP contribution in [0.2, 0.25) is 0 Å². The van der Waals surface area contributed by atoms with E-state index in [-0.39, 0.29) is 16.7 Å². The van der Waals surface area contributed by atoms with Gasteiger partial charge >= 0.3 is 0 Å². The molecule has 2 aromatic carbocycles. The Morgan fingerprint density at radius 2 is 1.48 bits per heavy atom. The number of rotatable bonds is 3. The molecule has 2 amide bonds. The van der Waals surface area contributed by atoms with Crippen LogP contribution in [0.3, 0.4) is 0 Å². The lowest BCUT2D eigenvalue weighted by Crippen LogP contribution is -2.56. The lowest BCUT2D eigenvalue weighted by Gasteiger charge is -2.35. The average Bonchev–Trinajstić information content (AvgIpc) is 2.63. The summed E-state index contributed by atoms with van der Waals surface area (Å²) >= 11 is 0. The summed E-state index contributed by atoms with van der Waals surface area (Å²) in [5.41, 5.74) is 2.84. The quantitative estimate of drug-likeness (QED) is 0.610. The molecule has 1 N–H and O–H groups in total. The number of para-hydroxylation sites is 1. The molecule has 0 saturated heterocycles. The van der Waals surface area contributed by atoms with Crippen molar-refractivity contribution in [1.82, 2.24) is 10.4 Å². The topological polar surface area (TPSA) is 92.6 Å². The molecule has 154 valence electrons. The number of hydrogen-bond donors (Lipinski definition) is 1. The molecule has 0 fully saturated rings. The van der Waals surface area contributed by atoms with Gasteiger partial charge in [0.25, 0.3) is 17.5 Å². The summed E-state index contributed by atoms with van der Waals surface area (Å²) in [7, 11) is 0. The monoisotopic (exact) mass is 397 g/mol. The van der Waals surface area contributed by atoms with Gasteiger partial charge in [-0.15, -0.1) is 0 Å². The second-order valence-electron chi connectivity index (χ2n) is 8.85. The first kappa shape index (κ1) is 22.1. The van der Waals surface area contributed by atoms with E-state index in [1.165, 1.54) is 18.2 Å². The number of nitro benzene ring substituents is 1. The maximum Gasteiger partial charge on any atom is 0.282 e. The fourth-order valence-electron chi connectivity index (χ4n) is 2.74. The third-order valence-electron chi connectivity index (χ3n) is 4.43. The van der Waals surface area contributed by atoms with Gasteiger partial charge in [0.05, 0.1) is 10.5 Å². The SMILES string of the molecule is CC(C)(C)c1ccc(C(=O)NN(C(=O)c2ccccc2[N+](=O)[O-])C(C)(C)C)cc1. The Morgan fingerprint density at radius 1 is 0.931 bits per heavy atom. The second-order valence-corrected chi connectivity index (χ2v) is 8.85. The van der Waals surface area contributed by atoms with Gasteiger partial charge in [0.1, 0.15) is 5.56 Å². The zero-order chi connectivity index (χ0) is 22.0. The van der Waals surface area contributed by atoms with E-state index in [9.17, 15) is 19.7 Å². The van der Waals surface area contributed by atoms with Crippen molar-refractivity contribution >= 4 is 17.5 Å². The minimum atomic E-state index is -0.804. The predicted molar refractivity (Wildman–Crippen MR) is 112 cm³/mol. The molecule has 0 spiro atoms. The Balaban J connectivity index is 2.34. The largest absolute Gasteiger partial charge is 0.282 e. The van der Waals surface area contributed by atoms with Crippen LogP contribution in [0.15, 0.2) is 48.5 Å². The summed E-state index contributed by atoms with van der Waals surface area (Å²) in [4.78, 5) is 36.5. The van der Waals surface area contributed by atoms with Gasteiger partial charge in [-0.1, -0.05) is 45.0 Å². The van der Waals surface area contributed by atoms with Gasteiger partial charge in [-0.25, -0.2) is 5.01 Å². The molecule has 0 aliphatic carbocycles. The van der Waals surface area contributed by atoms with Crippen molar-refractivity contribution in [3.8, 4) is 0 Å². The van der Waals surface area contributed by atoms with Gasteiger partial charge in [0.15, 0.2) is 0 Å². The highest BCUT2D eigenvalue weighted by molar-refractivity contribution is 6.01. The molecule has 0 bridgehead atoms. The second kappa shape index (κ2) is 8.03. The molecule has 0 atom stereocenters. The fraction of sp³-hybridized carbons (Fsp3) is 0.364. The summed E-state index contributed by atoms with van der Waals surface area (Å²) in [6.07, 6.45) is 0. The first-order chi connectivity index (χ1) is 13.3. The van der Waals surface area contributed by atoms with Gasteiger partial charge in [-0.2, -0.15) is 0 Å². The normalized spacial score (nSPS) is 11.7. The molecule has 2 rings (SSSR count). The molecule has 0 unspecified atom stereocenters. The number of carbonyl (C=O) groups is 2. The van der Waals surface area contributed by atoms with Crippen molar-refractivity contribution in [1.29, 1.82) is 0 Å². The van der Waals surface area contributed by atoms with Crippen molar-refractivity contribution in [3.05, 3.63) is 75.3 Å². The number of amides is 2.